The van der Waals surface area contributed by atoms with Gasteiger partial charge in [-0.05, 0) is 30.2 Å². The molecule has 0 aromatic heterocycles. The first kappa shape index (κ1) is 18.2. The van der Waals surface area contributed by atoms with E-state index in [9.17, 15) is 9.59 Å². The smallest absolute Gasteiger partial charge is 0.329 e. The van der Waals surface area contributed by atoms with Crippen molar-refractivity contribution in [1.29, 1.82) is 0 Å². The van der Waals surface area contributed by atoms with Gasteiger partial charge in [0.1, 0.15) is 0 Å². The summed E-state index contributed by atoms with van der Waals surface area (Å²) in [5.74, 6) is -1.53. The first-order valence-corrected chi connectivity index (χ1v) is 7.93. The van der Waals surface area contributed by atoms with Crippen LogP contribution >= 0.6 is 0 Å². The fourth-order valence-corrected chi connectivity index (χ4v) is 2.16. The van der Waals surface area contributed by atoms with E-state index in [4.69, 9.17) is 0 Å². The van der Waals surface area contributed by atoms with Gasteiger partial charge in [0.25, 0.3) is 0 Å². The van der Waals surface area contributed by atoms with Gasteiger partial charge in [0, 0.05) is 19.8 Å². The van der Waals surface area contributed by atoms with Crippen molar-refractivity contribution >= 4 is 23.7 Å². The van der Waals surface area contributed by atoms with Gasteiger partial charge in [-0.3, -0.25) is 9.59 Å². The predicted octanol–water partition coefficient (Wildman–Crippen LogP) is 2.08. The zero-order chi connectivity index (χ0) is 18.2. The summed E-state index contributed by atoms with van der Waals surface area (Å²) in [5, 5.41) is 6.45. The van der Waals surface area contributed by atoms with Crippen LogP contribution in [0, 0.1) is 0 Å². The molecule has 0 saturated carbocycles. The van der Waals surface area contributed by atoms with Crippen molar-refractivity contribution in [1.82, 2.24) is 10.7 Å². The summed E-state index contributed by atoms with van der Waals surface area (Å²) in [6, 6.07) is 16.8. The molecule has 25 heavy (non-hydrogen) atoms. The van der Waals surface area contributed by atoms with Gasteiger partial charge in [0.15, 0.2) is 0 Å². The largest absolute Gasteiger partial charge is 0.378 e. The molecular weight excluding hydrogens is 316 g/mol. The summed E-state index contributed by atoms with van der Waals surface area (Å²) in [7, 11) is 3.91. The summed E-state index contributed by atoms with van der Waals surface area (Å²) in [4.78, 5) is 25.7. The normalized spacial score (nSPS) is 11.8. The second-order valence-electron chi connectivity index (χ2n) is 5.79. The van der Waals surface area contributed by atoms with E-state index in [-0.39, 0.29) is 6.04 Å². The molecule has 0 aliphatic carbocycles. The Morgan fingerprint density at radius 2 is 1.64 bits per heavy atom. The minimum absolute atomic E-state index is 0.262. The second kappa shape index (κ2) is 8.63. The summed E-state index contributed by atoms with van der Waals surface area (Å²) in [5.41, 5.74) is 5.05. The lowest BCUT2D eigenvalue weighted by Gasteiger charge is -2.13. The first-order chi connectivity index (χ1) is 12.0. The summed E-state index contributed by atoms with van der Waals surface area (Å²) in [6.45, 7) is 1.82. The van der Waals surface area contributed by atoms with E-state index in [1.807, 2.05) is 80.5 Å². The molecule has 0 fully saturated rings. The van der Waals surface area contributed by atoms with Crippen LogP contribution in [0.2, 0.25) is 0 Å². The summed E-state index contributed by atoms with van der Waals surface area (Å²) < 4.78 is 0. The van der Waals surface area contributed by atoms with Crippen LogP contribution in [-0.4, -0.2) is 32.1 Å². The lowest BCUT2D eigenvalue weighted by molar-refractivity contribution is -0.139. The van der Waals surface area contributed by atoms with Crippen LogP contribution in [0.3, 0.4) is 0 Å². The number of hydrogen-bond donors (Lipinski definition) is 2. The molecule has 0 spiro atoms. The van der Waals surface area contributed by atoms with Crippen LogP contribution in [0.5, 0.6) is 0 Å². The molecule has 2 amide bonds. The zero-order valence-electron chi connectivity index (χ0n) is 14.6. The Bertz CT molecular complexity index is 740. The standard InChI is InChI=1S/C19H22N4O2/c1-14(16-7-5-4-6-8-16)21-18(24)19(25)22-20-13-15-9-11-17(12-10-15)23(2)3/h4-14H,1-3H3,(H,21,24)(H,22,25)/b20-13-/t14-/m0/s1. The van der Waals surface area contributed by atoms with Gasteiger partial charge >= 0.3 is 11.8 Å². The molecule has 0 unspecified atom stereocenters. The average molecular weight is 338 g/mol. The highest BCUT2D eigenvalue weighted by molar-refractivity contribution is 6.35. The second-order valence-corrected chi connectivity index (χ2v) is 5.79. The van der Waals surface area contributed by atoms with E-state index in [1.54, 1.807) is 0 Å². The monoisotopic (exact) mass is 338 g/mol. The fourth-order valence-electron chi connectivity index (χ4n) is 2.16. The topological polar surface area (TPSA) is 73.8 Å². The minimum atomic E-state index is -0.802. The lowest BCUT2D eigenvalue weighted by atomic mass is 10.1. The fraction of sp³-hybridized carbons (Fsp3) is 0.211. The van der Waals surface area contributed by atoms with Crippen molar-refractivity contribution in [3.8, 4) is 0 Å². The third-order valence-corrected chi connectivity index (χ3v) is 3.64. The van der Waals surface area contributed by atoms with E-state index < -0.39 is 11.8 Å². The third kappa shape index (κ3) is 5.46. The van der Waals surface area contributed by atoms with Gasteiger partial charge in [-0.15, -0.1) is 0 Å². The van der Waals surface area contributed by atoms with Crippen LogP contribution in [0.4, 0.5) is 5.69 Å². The van der Waals surface area contributed by atoms with Crippen LogP contribution in [-0.2, 0) is 9.59 Å². The number of hydrogen-bond acceptors (Lipinski definition) is 4. The minimum Gasteiger partial charge on any atom is -0.378 e. The Balaban J connectivity index is 1.85. The molecule has 2 N–H and O–H groups in total. The predicted molar refractivity (Wildman–Crippen MR) is 99.5 cm³/mol. The number of anilines is 1. The molecule has 6 heteroatoms. The molecule has 2 aromatic carbocycles. The molecule has 130 valence electrons. The number of nitrogens with one attached hydrogen (secondary N) is 2. The number of nitrogens with zero attached hydrogens (tertiary/aromatic N) is 2. The third-order valence-electron chi connectivity index (χ3n) is 3.64. The molecule has 1 atom stereocenters. The molecule has 0 aliphatic heterocycles. The van der Waals surface area contributed by atoms with Crippen LogP contribution in [0.15, 0.2) is 59.7 Å². The van der Waals surface area contributed by atoms with Crippen molar-refractivity contribution < 1.29 is 9.59 Å². The van der Waals surface area contributed by atoms with Gasteiger partial charge in [-0.2, -0.15) is 5.10 Å². The Hall–Kier alpha value is -3.15. The maximum Gasteiger partial charge on any atom is 0.329 e. The van der Waals surface area contributed by atoms with Gasteiger partial charge in [0.2, 0.25) is 0 Å². The molecule has 0 bridgehead atoms. The van der Waals surface area contributed by atoms with Crippen LogP contribution in [0.1, 0.15) is 24.1 Å². The molecule has 0 saturated heterocycles. The van der Waals surface area contributed by atoms with Crippen LogP contribution in [0.25, 0.3) is 0 Å². The van der Waals surface area contributed by atoms with Crippen molar-refractivity contribution in [2.75, 3.05) is 19.0 Å². The van der Waals surface area contributed by atoms with E-state index in [0.717, 1.165) is 16.8 Å². The Morgan fingerprint density at radius 1 is 1.00 bits per heavy atom. The number of carbonyl (C=O) groups is 2. The van der Waals surface area contributed by atoms with E-state index in [0.29, 0.717) is 0 Å². The molecule has 0 heterocycles. The maximum absolute atomic E-state index is 11.9. The number of rotatable bonds is 5. The summed E-state index contributed by atoms with van der Waals surface area (Å²) >= 11 is 0. The molecular formula is C19H22N4O2. The van der Waals surface area contributed by atoms with Crippen molar-refractivity contribution in [2.24, 2.45) is 5.10 Å². The summed E-state index contributed by atoms with van der Waals surface area (Å²) in [6.07, 6.45) is 1.49. The quantitative estimate of drug-likeness (QED) is 0.498. The highest BCUT2D eigenvalue weighted by atomic mass is 16.2. The van der Waals surface area contributed by atoms with E-state index in [1.165, 1.54) is 6.21 Å². The SMILES string of the molecule is C[C@H](NC(=O)C(=O)N/N=C\c1ccc(N(C)C)cc1)c1ccccc1. The Labute approximate surface area is 147 Å². The van der Waals surface area contributed by atoms with Crippen LogP contribution < -0.4 is 15.6 Å². The molecule has 2 aromatic rings. The lowest BCUT2D eigenvalue weighted by Crippen LogP contribution is -2.39. The van der Waals surface area contributed by atoms with Crippen molar-refractivity contribution in [3.63, 3.8) is 0 Å². The molecule has 0 aliphatic rings. The average Bonchev–Trinajstić information content (AvgIpc) is 2.62. The highest BCUT2D eigenvalue weighted by Gasteiger charge is 2.16. The molecule has 0 radical (unpaired) electrons. The van der Waals surface area contributed by atoms with Gasteiger partial charge < -0.3 is 10.2 Å². The van der Waals surface area contributed by atoms with E-state index >= 15 is 0 Å². The van der Waals surface area contributed by atoms with Crippen molar-refractivity contribution in [2.45, 2.75) is 13.0 Å². The van der Waals surface area contributed by atoms with Gasteiger partial charge in [0.05, 0.1) is 12.3 Å². The Kier molecular flexibility index (Phi) is 6.28. The number of benzene rings is 2. The number of carbonyl (C=O) groups excluding carboxylic acids is 2. The van der Waals surface area contributed by atoms with Crippen molar-refractivity contribution in [3.05, 3.63) is 65.7 Å². The van der Waals surface area contributed by atoms with Gasteiger partial charge in [-0.25, -0.2) is 5.43 Å². The first-order valence-electron chi connectivity index (χ1n) is 7.93. The molecule has 2 rings (SSSR count). The zero-order valence-corrected chi connectivity index (χ0v) is 14.6. The maximum atomic E-state index is 11.9. The number of amides is 2. The Morgan fingerprint density at radius 3 is 2.24 bits per heavy atom. The van der Waals surface area contributed by atoms with Gasteiger partial charge in [-0.1, -0.05) is 42.5 Å². The molecule has 6 nitrogen and oxygen atoms in total. The van der Waals surface area contributed by atoms with E-state index in [2.05, 4.69) is 15.8 Å². The highest BCUT2D eigenvalue weighted by Crippen LogP contribution is 2.11. The number of hydrazone groups is 1.